The number of carbonyl (C=O) groups excluding carboxylic acids is 1. The Hall–Kier alpha value is -1.00. The van der Waals surface area contributed by atoms with E-state index < -0.39 is 0 Å². The van der Waals surface area contributed by atoms with E-state index in [0.717, 1.165) is 36.4 Å². The summed E-state index contributed by atoms with van der Waals surface area (Å²) in [5.74, 6) is 0.271. The molecule has 4 heteroatoms. The van der Waals surface area contributed by atoms with E-state index in [1.54, 1.807) is 11.8 Å². The number of hydrogen-bond acceptors (Lipinski definition) is 3. The minimum Gasteiger partial charge on any atom is -0.342 e. The van der Waals surface area contributed by atoms with Crippen LogP contribution in [0, 0.1) is 0 Å². The summed E-state index contributed by atoms with van der Waals surface area (Å²) in [6, 6.07) is 8.24. The summed E-state index contributed by atoms with van der Waals surface area (Å²) in [7, 11) is 0. The highest BCUT2D eigenvalue weighted by atomic mass is 32.2. The summed E-state index contributed by atoms with van der Waals surface area (Å²) < 4.78 is 0. The zero-order valence-electron chi connectivity index (χ0n) is 13.0. The first-order chi connectivity index (χ1) is 10.1. The Morgan fingerprint density at radius 1 is 1.19 bits per heavy atom. The van der Waals surface area contributed by atoms with Gasteiger partial charge in [0.1, 0.15) is 0 Å². The van der Waals surface area contributed by atoms with Crippen LogP contribution in [0.25, 0.3) is 0 Å². The van der Waals surface area contributed by atoms with Crippen LogP contribution in [0.5, 0.6) is 0 Å². The number of carbonyl (C=O) groups is 1. The predicted molar refractivity (Wildman–Crippen MR) is 89.4 cm³/mol. The number of benzene rings is 1. The molecule has 1 aliphatic heterocycles. The molecular weight excluding hydrogens is 280 g/mol. The summed E-state index contributed by atoms with van der Waals surface area (Å²) in [5.41, 5.74) is 7.04. The van der Waals surface area contributed by atoms with Crippen LogP contribution in [0.2, 0.25) is 0 Å². The maximum atomic E-state index is 12.6. The van der Waals surface area contributed by atoms with E-state index >= 15 is 0 Å². The lowest BCUT2D eigenvalue weighted by atomic mass is 10.1. The SMILES string of the molecule is CC(Sc1cccc(C(C)N)c1)C(=O)N1CCCCCC1. The van der Waals surface area contributed by atoms with Gasteiger partial charge in [-0.15, -0.1) is 11.8 Å². The molecule has 3 nitrogen and oxygen atoms in total. The van der Waals surface area contributed by atoms with Crippen molar-refractivity contribution in [2.24, 2.45) is 5.73 Å². The zero-order valence-corrected chi connectivity index (χ0v) is 13.9. The zero-order chi connectivity index (χ0) is 15.2. The molecule has 0 aliphatic carbocycles. The van der Waals surface area contributed by atoms with Crippen LogP contribution < -0.4 is 5.73 Å². The van der Waals surface area contributed by atoms with Gasteiger partial charge in [0.25, 0.3) is 0 Å². The van der Waals surface area contributed by atoms with Crippen LogP contribution in [-0.4, -0.2) is 29.1 Å². The van der Waals surface area contributed by atoms with Gasteiger partial charge in [-0.1, -0.05) is 25.0 Å². The first kappa shape index (κ1) is 16.4. The van der Waals surface area contributed by atoms with Gasteiger partial charge in [-0.25, -0.2) is 0 Å². The third kappa shape index (κ3) is 4.75. The van der Waals surface area contributed by atoms with Crippen molar-refractivity contribution in [1.82, 2.24) is 4.90 Å². The molecule has 116 valence electrons. The van der Waals surface area contributed by atoms with Crippen LogP contribution in [0.4, 0.5) is 0 Å². The molecule has 21 heavy (non-hydrogen) atoms. The Morgan fingerprint density at radius 2 is 1.86 bits per heavy atom. The quantitative estimate of drug-likeness (QED) is 0.865. The van der Waals surface area contributed by atoms with E-state index in [1.807, 2.05) is 30.9 Å². The molecule has 0 saturated carbocycles. The average Bonchev–Trinajstić information content (AvgIpc) is 2.75. The third-order valence-electron chi connectivity index (χ3n) is 3.96. The van der Waals surface area contributed by atoms with Crippen molar-refractivity contribution in [3.05, 3.63) is 29.8 Å². The fourth-order valence-electron chi connectivity index (χ4n) is 2.67. The second-order valence-corrected chi connectivity index (χ2v) is 7.27. The molecular formula is C17H26N2OS. The molecule has 0 spiro atoms. The molecule has 0 radical (unpaired) electrons. The summed E-state index contributed by atoms with van der Waals surface area (Å²) in [5, 5.41) is -0.0357. The minimum atomic E-state index is -0.0357. The number of nitrogens with two attached hydrogens (primary N) is 1. The highest BCUT2D eigenvalue weighted by molar-refractivity contribution is 8.00. The van der Waals surface area contributed by atoms with Gasteiger partial charge in [-0.2, -0.15) is 0 Å². The number of hydrogen-bond donors (Lipinski definition) is 1. The lowest BCUT2D eigenvalue weighted by molar-refractivity contribution is -0.130. The van der Waals surface area contributed by atoms with Crippen molar-refractivity contribution in [2.45, 2.75) is 55.7 Å². The van der Waals surface area contributed by atoms with Crippen molar-refractivity contribution in [1.29, 1.82) is 0 Å². The molecule has 1 aliphatic rings. The number of thioether (sulfide) groups is 1. The molecule has 1 aromatic carbocycles. The van der Waals surface area contributed by atoms with Gasteiger partial charge in [-0.05, 0) is 44.4 Å². The second kappa shape index (κ2) is 7.85. The fourth-order valence-corrected chi connectivity index (χ4v) is 3.69. The maximum Gasteiger partial charge on any atom is 0.235 e. The number of likely N-dealkylation sites (tertiary alicyclic amines) is 1. The molecule has 2 N–H and O–H groups in total. The molecule has 1 heterocycles. The topological polar surface area (TPSA) is 46.3 Å². The Bertz CT molecular complexity index is 468. The Labute approximate surface area is 132 Å². The normalized spacial score (nSPS) is 18.9. The lowest BCUT2D eigenvalue weighted by Gasteiger charge is -2.24. The summed E-state index contributed by atoms with van der Waals surface area (Å²) in [6.45, 7) is 5.83. The van der Waals surface area contributed by atoms with Crippen LogP contribution >= 0.6 is 11.8 Å². The van der Waals surface area contributed by atoms with E-state index in [9.17, 15) is 4.79 Å². The Balaban J connectivity index is 1.98. The Kier molecular flexibility index (Phi) is 6.12. The van der Waals surface area contributed by atoms with Crippen molar-refractivity contribution in [3.8, 4) is 0 Å². The lowest BCUT2D eigenvalue weighted by Crippen LogP contribution is -2.37. The minimum absolute atomic E-state index is 0.0298. The van der Waals surface area contributed by atoms with Crippen molar-refractivity contribution < 1.29 is 4.79 Å². The number of rotatable bonds is 4. The molecule has 2 atom stereocenters. The van der Waals surface area contributed by atoms with E-state index in [1.165, 1.54) is 12.8 Å². The van der Waals surface area contributed by atoms with Crippen molar-refractivity contribution in [3.63, 3.8) is 0 Å². The van der Waals surface area contributed by atoms with Crippen LogP contribution in [0.1, 0.15) is 51.1 Å². The van der Waals surface area contributed by atoms with Gasteiger partial charge >= 0.3 is 0 Å². The van der Waals surface area contributed by atoms with Crippen LogP contribution in [0.15, 0.2) is 29.2 Å². The fraction of sp³-hybridized carbons (Fsp3) is 0.588. The molecule has 1 fully saturated rings. The van der Waals surface area contributed by atoms with Crippen LogP contribution in [-0.2, 0) is 4.79 Å². The van der Waals surface area contributed by atoms with E-state index in [0.29, 0.717) is 0 Å². The van der Waals surface area contributed by atoms with Crippen molar-refractivity contribution in [2.75, 3.05) is 13.1 Å². The summed E-state index contributed by atoms with van der Waals surface area (Å²) in [6.07, 6.45) is 4.79. The second-order valence-electron chi connectivity index (χ2n) is 5.86. The highest BCUT2D eigenvalue weighted by Crippen LogP contribution is 2.27. The molecule has 1 saturated heterocycles. The van der Waals surface area contributed by atoms with E-state index in [-0.39, 0.29) is 17.2 Å². The Morgan fingerprint density at radius 3 is 2.48 bits per heavy atom. The average molecular weight is 306 g/mol. The van der Waals surface area contributed by atoms with Gasteiger partial charge in [0.05, 0.1) is 5.25 Å². The first-order valence-electron chi connectivity index (χ1n) is 7.89. The third-order valence-corrected chi connectivity index (χ3v) is 5.04. The largest absolute Gasteiger partial charge is 0.342 e. The summed E-state index contributed by atoms with van der Waals surface area (Å²) in [4.78, 5) is 15.7. The van der Waals surface area contributed by atoms with E-state index in [2.05, 4.69) is 12.1 Å². The van der Waals surface area contributed by atoms with Gasteiger partial charge in [0.2, 0.25) is 5.91 Å². The molecule has 0 bridgehead atoms. The number of nitrogens with zero attached hydrogens (tertiary/aromatic N) is 1. The van der Waals surface area contributed by atoms with Gasteiger partial charge < -0.3 is 10.6 Å². The smallest absolute Gasteiger partial charge is 0.235 e. The van der Waals surface area contributed by atoms with E-state index in [4.69, 9.17) is 5.73 Å². The van der Waals surface area contributed by atoms with Crippen LogP contribution in [0.3, 0.4) is 0 Å². The molecule has 1 amide bonds. The molecule has 1 aromatic rings. The van der Waals surface area contributed by atoms with Crippen molar-refractivity contribution >= 4 is 17.7 Å². The first-order valence-corrected chi connectivity index (χ1v) is 8.77. The standard InChI is InChI=1S/C17H26N2OS/c1-13(18)15-8-7-9-16(12-15)21-14(2)17(20)19-10-5-3-4-6-11-19/h7-9,12-14H,3-6,10-11,18H2,1-2H3. The van der Waals surface area contributed by atoms with Gasteiger partial charge in [-0.3, -0.25) is 4.79 Å². The summed E-state index contributed by atoms with van der Waals surface area (Å²) >= 11 is 1.64. The molecule has 2 rings (SSSR count). The maximum absolute atomic E-state index is 12.6. The van der Waals surface area contributed by atoms with Gasteiger partial charge in [0.15, 0.2) is 0 Å². The van der Waals surface area contributed by atoms with Gasteiger partial charge in [0, 0.05) is 24.0 Å². The predicted octanol–water partition coefficient (Wildman–Crippen LogP) is 3.59. The molecule has 2 unspecified atom stereocenters. The molecule has 0 aromatic heterocycles. The monoisotopic (exact) mass is 306 g/mol. The highest BCUT2D eigenvalue weighted by Gasteiger charge is 2.22. The number of amides is 1.